The van der Waals surface area contributed by atoms with Crippen molar-refractivity contribution in [2.75, 3.05) is 18.4 Å². The summed E-state index contributed by atoms with van der Waals surface area (Å²) in [7, 11) is 0. The molecule has 1 fully saturated rings. The normalized spacial score (nSPS) is 14.7. The van der Waals surface area contributed by atoms with Crippen molar-refractivity contribution >= 4 is 34.3 Å². The lowest BCUT2D eigenvalue weighted by molar-refractivity contribution is 0.461. The van der Waals surface area contributed by atoms with Crippen LogP contribution in [0.5, 0.6) is 5.75 Å². The van der Waals surface area contributed by atoms with E-state index in [0.29, 0.717) is 33.5 Å². The van der Waals surface area contributed by atoms with Crippen LogP contribution in [0.2, 0.25) is 5.02 Å². The van der Waals surface area contributed by atoms with Gasteiger partial charge in [-0.15, -0.1) is 0 Å². The summed E-state index contributed by atoms with van der Waals surface area (Å²) in [5, 5.41) is 15.3. The Morgan fingerprint density at radius 1 is 1.12 bits per heavy atom. The Hall–Kier alpha value is -4.85. The zero-order valence-corrected chi connectivity index (χ0v) is 23.1. The van der Waals surface area contributed by atoms with Gasteiger partial charge in [0.05, 0.1) is 29.5 Å². The summed E-state index contributed by atoms with van der Waals surface area (Å²) in [5.74, 6) is 2.93. The summed E-state index contributed by atoms with van der Waals surface area (Å²) < 4.78 is 20.6. The van der Waals surface area contributed by atoms with Crippen LogP contribution >= 0.6 is 11.6 Å². The maximum atomic E-state index is 13.9. The zero-order valence-electron chi connectivity index (χ0n) is 22.3. The molecule has 11 heteroatoms. The minimum absolute atomic E-state index is 0.0387. The second-order valence-electron chi connectivity index (χ2n) is 9.83. The number of nitrogens with zero attached hydrogens (tertiary/aromatic N) is 5. The molecule has 42 heavy (non-hydrogen) atoms. The van der Waals surface area contributed by atoms with Crippen molar-refractivity contribution in [1.29, 1.82) is 0 Å². The molecule has 2 aromatic carbocycles. The number of pyridine rings is 1. The maximum Gasteiger partial charge on any atom is 0.268 e. The molecule has 1 saturated heterocycles. The highest BCUT2D eigenvalue weighted by molar-refractivity contribution is 6.31. The Kier molecular flexibility index (Phi) is 8.03. The highest BCUT2D eigenvalue weighted by Gasteiger charge is 2.16. The number of hydrogen-bond acceptors (Lipinski definition) is 8. The van der Waals surface area contributed by atoms with E-state index in [1.165, 1.54) is 47.5 Å². The molecular formula is C31H25ClFN7O2. The molecule has 0 bridgehead atoms. The molecule has 1 aliphatic rings. The number of piperidine rings is 1. The van der Waals surface area contributed by atoms with Crippen LogP contribution < -0.4 is 20.9 Å². The smallest absolute Gasteiger partial charge is 0.268 e. The average Bonchev–Trinajstić information content (AvgIpc) is 3.02. The first-order valence-electron chi connectivity index (χ1n) is 13.4. The zero-order chi connectivity index (χ0) is 28.9. The van der Waals surface area contributed by atoms with Gasteiger partial charge in [0.1, 0.15) is 11.8 Å². The van der Waals surface area contributed by atoms with E-state index < -0.39 is 11.4 Å². The number of hydrogen-bond donors (Lipinski definition) is 2. The van der Waals surface area contributed by atoms with Crippen LogP contribution in [0, 0.1) is 17.8 Å². The minimum Gasteiger partial charge on any atom is -0.404 e. The van der Waals surface area contributed by atoms with Gasteiger partial charge in [0, 0.05) is 29.4 Å². The van der Waals surface area contributed by atoms with Crippen molar-refractivity contribution in [3.05, 3.63) is 111 Å². The fourth-order valence-corrected chi connectivity index (χ4v) is 4.99. The molecule has 0 radical (unpaired) electrons. The first-order valence-corrected chi connectivity index (χ1v) is 13.8. The molecule has 0 spiro atoms. The third kappa shape index (κ3) is 6.07. The van der Waals surface area contributed by atoms with Gasteiger partial charge in [0.2, 0.25) is 5.95 Å². The van der Waals surface area contributed by atoms with Crippen LogP contribution in [-0.2, 0) is 6.54 Å². The number of rotatable bonds is 6. The number of ether oxygens (including phenoxy) is 1. The van der Waals surface area contributed by atoms with Crippen LogP contribution in [0.15, 0.2) is 78.0 Å². The highest BCUT2D eigenvalue weighted by atomic mass is 35.5. The fourth-order valence-electron chi connectivity index (χ4n) is 4.84. The summed E-state index contributed by atoms with van der Waals surface area (Å²) in [6.07, 6.45) is 9.28. The molecule has 4 heterocycles. The molecule has 0 saturated carbocycles. The van der Waals surface area contributed by atoms with E-state index in [-0.39, 0.29) is 17.9 Å². The van der Waals surface area contributed by atoms with Crippen LogP contribution in [-0.4, -0.2) is 37.8 Å². The van der Waals surface area contributed by atoms with Gasteiger partial charge in [-0.2, -0.15) is 15.2 Å². The number of fused-ring (bicyclic) bond motifs is 1. The number of halogens is 2. The van der Waals surface area contributed by atoms with Gasteiger partial charge in [0.15, 0.2) is 11.6 Å². The minimum atomic E-state index is -0.559. The van der Waals surface area contributed by atoms with Gasteiger partial charge in [-0.3, -0.25) is 9.36 Å². The first kappa shape index (κ1) is 27.3. The van der Waals surface area contributed by atoms with Crippen molar-refractivity contribution < 1.29 is 9.13 Å². The summed E-state index contributed by atoms with van der Waals surface area (Å²) in [6.45, 7) is 2.12. The van der Waals surface area contributed by atoms with Gasteiger partial charge >= 0.3 is 0 Å². The number of anilines is 2. The molecule has 9 nitrogen and oxygen atoms in total. The summed E-state index contributed by atoms with van der Waals surface area (Å²) >= 11 is 6.34. The van der Waals surface area contributed by atoms with E-state index in [4.69, 9.17) is 16.3 Å². The quantitative estimate of drug-likeness (QED) is 0.269. The summed E-state index contributed by atoms with van der Waals surface area (Å²) in [4.78, 5) is 22.8. The fraction of sp³-hybridized carbons (Fsp3) is 0.194. The molecule has 3 aromatic heterocycles. The monoisotopic (exact) mass is 581 g/mol. The predicted molar refractivity (Wildman–Crippen MR) is 158 cm³/mol. The topological polar surface area (TPSA) is 107 Å². The Morgan fingerprint density at radius 3 is 2.74 bits per heavy atom. The van der Waals surface area contributed by atoms with E-state index >= 15 is 0 Å². The maximum absolute atomic E-state index is 13.9. The Bertz CT molecular complexity index is 1860. The summed E-state index contributed by atoms with van der Waals surface area (Å²) in [5.41, 5.74) is 2.74. The van der Waals surface area contributed by atoms with Crippen molar-refractivity contribution in [1.82, 2.24) is 30.0 Å². The SMILES string of the molecule is O=c1c(C#COc2ccccc2F)cc2cnc(Nc3ccc(C4CCCNC4)cc3)nc2n1Cc1cnncc1Cl. The molecular weight excluding hydrogens is 557 g/mol. The van der Waals surface area contributed by atoms with E-state index in [1.807, 2.05) is 12.1 Å². The average molecular weight is 582 g/mol. The van der Waals surface area contributed by atoms with Crippen LogP contribution in [0.3, 0.4) is 0 Å². The van der Waals surface area contributed by atoms with Crippen LogP contribution in [0.25, 0.3) is 11.0 Å². The molecule has 1 aliphatic heterocycles. The van der Waals surface area contributed by atoms with Gasteiger partial charge < -0.3 is 15.4 Å². The van der Waals surface area contributed by atoms with E-state index in [1.54, 1.807) is 24.4 Å². The molecule has 5 aromatic rings. The lowest BCUT2D eigenvalue weighted by atomic mass is 9.92. The van der Waals surface area contributed by atoms with E-state index in [2.05, 4.69) is 55.0 Å². The third-order valence-corrected chi connectivity index (χ3v) is 7.37. The Labute approximate surface area is 245 Å². The van der Waals surface area contributed by atoms with Crippen LogP contribution in [0.1, 0.15) is 35.4 Å². The van der Waals surface area contributed by atoms with Crippen molar-refractivity contribution in [2.24, 2.45) is 0 Å². The van der Waals surface area contributed by atoms with Gasteiger partial charge in [0.25, 0.3) is 5.56 Å². The number of para-hydroxylation sites is 1. The molecule has 210 valence electrons. The molecule has 1 unspecified atom stereocenters. The highest BCUT2D eigenvalue weighted by Crippen LogP contribution is 2.25. The van der Waals surface area contributed by atoms with Crippen molar-refractivity contribution in [3.8, 4) is 17.8 Å². The lowest BCUT2D eigenvalue weighted by Gasteiger charge is -2.23. The van der Waals surface area contributed by atoms with Gasteiger partial charge in [-0.25, -0.2) is 9.37 Å². The first-order chi connectivity index (χ1) is 20.5. The largest absolute Gasteiger partial charge is 0.404 e. The second kappa shape index (κ2) is 12.3. The third-order valence-electron chi connectivity index (χ3n) is 7.03. The van der Waals surface area contributed by atoms with E-state index in [9.17, 15) is 9.18 Å². The molecule has 1 atom stereocenters. The lowest BCUT2D eigenvalue weighted by Crippen LogP contribution is -2.28. The number of benzene rings is 2. The Morgan fingerprint density at radius 2 is 1.95 bits per heavy atom. The molecule has 0 amide bonds. The van der Waals surface area contributed by atoms with Crippen molar-refractivity contribution in [3.63, 3.8) is 0 Å². The Balaban J connectivity index is 1.34. The second-order valence-corrected chi connectivity index (χ2v) is 10.2. The van der Waals surface area contributed by atoms with Crippen LogP contribution in [0.4, 0.5) is 16.0 Å². The summed E-state index contributed by atoms with van der Waals surface area (Å²) in [6, 6.07) is 15.7. The predicted octanol–water partition coefficient (Wildman–Crippen LogP) is 5.02. The van der Waals surface area contributed by atoms with Gasteiger partial charge in [-0.05, 0) is 67.1 Å². The molecule has 0 aliphatic carbocycles. The number of aromatic nitrogens is 5. The van der Waals surface area contributed by atoms with Crippen molar-refractivity contribution in [2.45, 2.75) is 25.3 Å². The van der Waals surface area contributed by atoms with E-state index in [0.717, 1.165) is 18.8 Å². The number of nitrogens with one attached hydrogen (secondary N) is 2. The molecule has 6 rings (SSSR count). The van der Waals surface area contributed by atoms with Gasteiger partial charge in [-0.1, -0.05) is 35.9 Å². The standard InChI is InChI=1S/C31H25ClFN7O2/c32-26-18-37-36-17-24(26)19-40-29-23(14-21(30(40)41)11-13-42-28-6-2-1-5-27(28)33)16-35-31(39-29)38-25-9-7-20(8-10-25)22-4-3-12-34-15-22/h1-2,5-10,14,16-18,22,34H,3-4,12,15,19H2,(H,35,38,39). The molecule has 2 N–H and O–H groups in total.